The maximum Gasteiger partial charge on any atom is 0.0229 e. The second-order valence-corrected chi connectivity index (χ2v) is 7.46. The van der Waals surface area contributed by atoms with E-state index in [2.05, 4.69) is 17.1 Å². The maximum atomic E-state index is 3.87. The highest BCUT2D eigenvalue weighted by Gasteiger charge is 2.50. The average molecular weight is 248 g/mol. The van der Waals surface area contributed by atoms with Crippen LogP contribution in [0.5, 0.6) is 0 Å². The minimum Gasteiger partial charge on any atom is -0.311 e. The SMILES string of the molecule is CCN1CCNC(C2C3CC4CC(C3)CC2C4)C1. The zero-order valence-electron chi connectivity index (χ0n) is 11.8. The standard InChI is InChI=1S/C16H28N2/c1-2-18-4-3-17-15(10-18)16-13-6-11-5-12(8-13)9-14(16)7-11/h11-17H,2-10H2,1H3. The van der Waals surface area contributed by atoms with Gasteiger partial charge in [-0.3, -0.25) is 0 Å². The van der Waals surface area contributed by atoms with Crippen LogP contribution >= 0.6 is 0 Å². The minimum atomic E-state index is 0.814. The summed E-state index contributed by atoms with van der Waals surface area (Å²) in [5, 5.41) is 3.87. The third kappa shape index (κ3) is 1.84. The summed E-state index contributed by atoms with van der Waals surface area (Å²) in [5.41, 5.74) is 0. The molecule has 1 saturated heterocycles. The van der Waals surface area contributed by atoms with Crippen LogP contribution in [0.2, 0.25) is 0 Å². The molecule has 4 bridgehead atoms. The maximum absolute atomic E-state index is 3.87. The second-order valence-electron chi connectivity index (χ2n) is 7.46. The van der Waals surface area contributed by atoms with Crippen molar-refractivity contribution in [3.05, 3.63) is 0 Å². The normalized spacial score (nSPS) is 51.8. The van der Waals surface area contributed by atoms with Gasteiger partial charge in [0.15, 0.2) is 0 Å². The van der Waals surface area contributed by atoms with Crippen LogP contribution in [0.1, 0.15) is 39.0 Å². The number of piperazine rings is 1. The first-order chi connectivity index (χ1) is 8.83. The van der Waals surface area contributed by atoms with Crippen LogP contribution in [0.4, 0.5) is 0 Å². The molecule has 0 aromatic rings. The fraction of sp³-hybridized carbons (Fsp3) is 1.00. The number of hydrogen-bond donors (Lipinski definition) is 1. The van der Waals surface area contributed by atoms with Crippen molar-refractivity contribution in [1.82, 2.24) is 10.2 Å². The van der Waals surface area contributed by atoms with Crippen molar-refractivity contribution in [2.24, 2.45) is 29.6 Å². The third-order valence-electron chi connectivity index (χ3n) is 6.50. The molecular formula is C16H28N2. The third-order valence-corrected chi connectivity index (χ3v) is 6.50. The van der Waals surface area contributed by atoms with Gasteiger partial charge in [0.05, 0.1) is 0 Å². The molecule has 18 heavy (non-hydrogen) atoms. The number of rotatable bonds is 2. The van der Waals surface area contributed by atoms with Gasteiger partial charge in [0.2, 0.25) is 0 Å². The van der Waals surface area contributed by atoms with Crippen LogP contribution in [0.25, 0.3) is 0 Å². The van der Waals surface area contributed by atoms with Crippen LogP contribution in [0, 0.1) is 29.6 Å². The molecule has 0 amide bonds. The number of nitrogens with one attached hydrogen (secondary N) is 1. The molecule has 1 unspecified atom stereocenters. The summed E-state index contributed by atoms with van der Waals surface area (Å²) in [4.78, 5) is 2.66. The fourth-order valence-electron chi connectivity index (χ4n) is 6.01. The highest BCUT2D eigenvalue weighted by atomic mass is 15.2. The predicted octanol–water partition coefficient (Wildman–Crippen LogP) is 2.35. The lowest BCUT2D eigenvalue weighted by atomic mass is 9.50. The van der Waals surface area contributed by atoms with Crippen molar-refractivity contribution in [3.8, 4) is 0 Å². The summed E-state index contributed by atoms with van der Waals surface area (Å²) in [6.07, 6.45) is 7.87. The Kier molecular flexibility index (Phi) is 2.92. The van der Waals surface area contributed by atoms with E-state index in [0.29, 0.717) is 0 Å². The molecule has 1 N–H and O–H groups in total. The molecule has 4 aliphatic carbocycles. The van der Waals surface area contributed by atoms with E-state index in [1.807, 2.05) is 0 Å². The Labute approximate surface area is 111 Å². The Bertz CT molecular complexity index is 286. The smallest absolute Gasteiger partial charge is 0.0229 e. The van der Waals surface area contributed by atoms with E-state index < -0.39 is 0 Å². The first-order valence-corrected chi connectivity index (χ1v) is 8.29. The summed E-state index contributed by atoms with van der Waals surface area (Å²) in [6, 6.07) is 0.814. The molecular weight excluding hydrogens is 220 g/mol. The minimum absolute atomic E-state index is 0.814. The van der Waals surface area contributed by atoms with Crippen molar-refractivity contribution in [2.75, 3.05) is 26.2 Å². The van der Waals surface area contributed by atoms with Gasteiger partial charge in [0.1, 0.15) is 0 Å². The molecule has 5 fully saturated rings. The molecule has 0 spiro atoms. The summed E-state index contributed by atoms with van der Waals surface area (Å²) in [7, 11) is 0. The first-order valence-electron chi connectivity index (χ1n) is 8.29. The lowest BCUT2D eigenvalue weighted by molar-refractivity contribution is -0.0599. The van der Waals surface area contributed by atoms with Crippen LogP contribution in [-0.2, 0) is 0 Å². The van der Waals surface area contributed by atoms with Gasteiger partial charge in [-0.2, -0.15) is 0 Å². The Morgan fingerprint density at radius 2 is 1.67 bits per heavy atom. The highest BCUT2D eigenvalue weighted by Crippen LogP contribution is 2.57. The molecule has 4 saturated carbocycles. The van der Waals surface area contributed by atoms with Crippen molar-refractivity contribution in [3.63, 3.8) is 0 Å². The van der Waals surface area contributed by atoms with Gasteiger partial charge < -0.3 is 10.2 Å². The zero-order chi connectivity index (χ0) is 12.1. The molecule has 1 aliphatic heterocycles. The fourth-order valence-corrected chi connectivity index (χ4v) is 6.01. The zero-order valence-corrected chi connectivity index (χ0v) is 11.8. The van der Waals surface area contributed by atoms with Gasteiger partial charge in [0, 0.05) is 25.7 Å². The second kappa shape index (κ2) is 4.49. The molecule has 1 heterocycles. The van der Waals surface area contributed by atoms with E-state index in [4.69, 9.17) is 0 Å². The van der Waals surface area contributed by atoms with Crippen LogP contribution < -0.4 is 5.32 Å². The molecule has 2 heteroatoms. The van der Waals surface area contributed by atoms with Crippen molar-refractivity contribution < 1.29 is 0 Å². The molecule has 2 nitrogen and oxygen atoms in total. The van der Waals surface area contributed by atoms with E-state index in [1.165, 1.54) is 26.2 Å². The summed E-state index contributed by atoms with van der Waals surface area (Å²) in [6.45, 7) is 7.37. The van der Waals surface area contributed by atoms with Crippen molar-refractivity contribution in [2.45, 2.75) is 45.1 Å². The van der Waals surface area contributed by atoms with E-state index in [9.17, 15) is 0 Å². The molecule has 0 radical (unpaired) electrons. The summed E-state index contributed by atoms with van der Waals surface area (Å²) < 4.78 is 0. The number of nitrogens with zero attached hydrogens (tertiary/aromatic N) is 1. The largest absolute Gasteiger partial charge is 0.311 e. The Hall–Kier alpha value is -0.0800. The van der Waals surface area contributed by atoms with Gasteiger partial charge in [-0.05, 0) is 68.2 Å². The highest BCUT2D eigenvalue weighted by molar-refractivity contribution is 5.02. The average Bonchev–Trinajstić information content (AvgIpc) is 2.38. The first kappa shape index (κ1) is 11.7. The number of likely N-dealkylation sites (N-methyl/N-ethyl adjacent to an activating group) is 1. The Morgan fingerprint density at radius 1 is 1.00 bits per heavy atom. The van der Waals surface area contributed by atoms with Gasteiger partial charge in [-0.15, -0.1) is 0 Å². The van der Waals surface area contributed by atoms with Crippen molar-refractivity contribution >= 4 is 0 Å². The van der Waals surface area contributed by atoms with Gasteiger partial charge >= 0.3 is 0 Å². The number of hydrogen-bond acceptors (Lipinski definition) is 2. The summed E-state index contributed by atoms with van der Waals surface area (Å²) >= 11 is 0. The van der Waals surface area contributed by atoms with Gasteiger partial charge in [0.25, 0.3) is 0 Å². The molecule has 0 aromatic carbocycles. The van der Waals surface area contributed by atoms with Crippen LogP contribution in [-0.4, -0.2) is 37.1 Å². The molecule has 0 aromatic heterocycles. The predicted molar refractivity (Wildman–Crippen MR) is 74.4 cm³/mol. The topological polar surface area (TPSA) is 15.3 Å². The molecule has 5 rings (SSSR count). The van der Waals surface area contributed by atoms with Crippen molar-refractivity contribution in [1.29, 1.82) is 0 Å². The molecule has 1 atom stereocenters. The van der Waals surface area contributed by atoms with E-state index in [1.54, 1.807) is 32.1 Å². The van der Waals surface area contributed by atoms with E-state index >= 15 is 0 Å². The monoisotopic (exact) mass is 248 g/mol. The van der Waals surface area contributed by atoms with Crippen LogP contribution in [0.15, 0.2) is 0 Å². The van der Waals surface area contributed by atoms with Crippen LogP contribution in [0.3, 0.4) is 0 Å². The van der Waals surface area contributed by atoms with Gasteiger partial charge in [-0.25, -0.2) is 0 Å². The van der Waals surface area contributed by atoms with Gasteiger partial charge in [-0.1, -0.05) is 6.92 Å². The van der Waals surface area contributed by atoms with E-state index in [-0.39, 0.29) is 0 Å². The summed E-state index contributed by atoms with van der Waals surface area (Å²) in [5.74, 6) is 5.42. The lowest BCUT2D eigenvalue weighted by Gasteiger charge is -2.57. The van der Waals surface area contributed by atoms with E-state index in [0.717, 1.165) is 35.6 Å². The Morgan fingerprint density at radius 3 is 2.28 bits per heavy atom. The lowest BCUT2D eigenvalue weighted by Crippen LogP contribution is -2.60. The molecule has 5 aliphatic rings. The molecule has 102 valence electrons. The quantitative estimate of drug-likeness (QED) is 0.807. The Balaban J connectivity index is 1.50.